The van der Waals surface area contributed by atoms with Gasteiger partial charge in [0.1, 0.15) is 6.61 Å². The Morgan fingerprint density at radius 2 is 1.90 bits per heavy atom. The van der Waals surface area contributed by atoms with Gasteiger partial charge in [0.05, 0.1) is 12.2 Å². The molecule has 5 nitrogen and oxygen atoms in total. The maximum Gasteiger partial charge on any atom is 0.335 e. The summed E-state index contributed by atoms with van der Waals surface area (Å²) in [5.74, 6) is -1.26. The molecule has 0 saturated carbocycles. The highest BCUT2D eigenvalue weighted by atomic mass is 19.3. The molecule has 1 amide bonds. The Morgan fingerprint density at radius 1 is 1.24 bits per heavy atom. The lowest BCUT2D eigenvalue weighted by atomic mass is 10.1. The fraction of sp³-hybridized carbons (Fsp3) is 0.429. The molecule has 116 valence electrons. The highest BCUT2D eigenvalue weighted by molar-refractivity contribution is 5.87. The van der Waals surface area contributed by atoms with E-state index >= 15 is 0 Å². The van der Waals surface area contributed by atoms with Crippen molar-refractivity contribution in [2.24, 2.45) is 0 Å². The van der Waals surface area contributed by atoms with Gasteiger partial charge in [-0.1, -0.05) is 12.1 Å². The minimum absolute atomic E-state index is 0.0324. The van der Waals surface area contributed by atoms with Crippen molar-refractivity contribution in [1.82, 2.24) is 5.32 Å². The SMILES string of the molecule is O=C(CCOCC(F)F)NCCc1ccc(C(=O)O)cc1. The number of aromatic carboxylic acids is 1. The largest absolute Gasteiger partial charge is 0.478 e. The molecule has 1 aromatic carbocycles. The van der Waals surface area contributed by atoms with E-state index in [0.29, 0.717) is 13.0 Å². The molecular formula is C14H17F2NO4. The Balaban J connectivity index is 2.18. The first-order valence-electron chi connectivity index (χ1n) is 6.44. The molecular weight excluding hydrogens is 284 g/mol. The van der Waals surface area contributed by atoms with Crippen molar-refractivity contribution in [3.8, 4) is 0 Å². The summed E-state index contributed by atoms with van der Waals surface area (Å²) in [6.45, 7) is -0.313. The molecule has 0 spiro atoms. The van der Waals surface area contributed by atoms with E-state index in [2.05, 4.69) is 10.1 Å². The van der Waals surface area contributed by atoms with Crippen LogP contribution in [-0.2, 0) is 16.0 Å². The first-order valence-corrected chi connectivity index (χ1v) is 6.44. The quantitative estimate of drug-likeness (QED) is 0.681. The number of nitrogens with one attached hydrogen (secondary N) is 1. The summed E-state index contributed by atoms with van der Waals surface area (Å²) in [5.41, 5.74) is 1.10. The number of carbonyl (C=O) groups is 2. The number of amides is 1. The molecule has 0 aliphatic heterocycles. The Morgan fingerprint density at radius 3 is 2.48 bits per heavy atom. The van der Waals surface area contributed by atoms with Crippen molar-refractivity contribution in [3.05, 3.63) is 35.4 Å². The third kappa shape index (κ3) is 7.36. The molecule has 0 heterocycles. The van der Waals surface area contributed by atoms with E-state index in [-0.39, 0.29) is 24.5 Å². The van der Waals surface area contributed by atoms with E-state index in [9.17, 15) is 18.4 Å². The lowest BCUT2D eigenvalue weighted by Crippen LogP contribution is -2.26. The van der Waals surface area contributed by atoms with Crippen LogP contribution in [0.2, 0.25) is 0 Å². The number of halogens is 2. The van der Waals surface area contributed by atoms with Crippen LogP contribution in [-0.4, -0.2) is 43.2 Å². The lowest BCUT2D eigenvalue weighted by molar-refractivity contribution is -0.122. The number of ether oxygens (including phenoxy) is 1. The van der Waals surface area contributed by atoms with E-state index in [4.69, 9.17) is 5.11 Å². The lowest BCUT2D eigenvalue weighted by Gasteiger charge is -2.06. The minimum Gasteiger partial charge on any atom is -0.478 e. The van der Waals surface area contributed by atoms with Crippen LogP contribution in [0.25, 0.3) is 0 Å². The predicted molar refractivity (Wildman–Crippen MR) is 71.6 cm³/mol. The zero-order chi connectivity index (χ0) is 15.7. The standard InChI is InChI=1S/C14H17F2NO4/c15-12(16)9-21-8-6-13(18)17-7-5-10-1-3-11(4-2-10)14(19)20/h1-4,12H,5-9H2,(H,17,18)(H,19,20). The highest BCUT2D eigenvalue weighted by Gasteiger charge is 2.05. The zero-order valence-electron chi connectivity index (χ0n) is 11.4. The summed E-state index contributed by atoms with van der Waals surface area (Å²) in [6, 6.07) is 6.36. The summed E-state index contributed by atoms with van der Waals surface area (Å²) in [6.07, 6.45) is -1.93. The van der Waals surface area contributed by atoms with E-state index in [1.807, 2.05) is 0 Å². The molecule has 0 radical (unpaired) electrons. The summed E-state index contributed by atoms with van der Waals surface area (Å²) < 4.78 is 28.1. The van der Waals surface area contributed by atoms with Gasteiger partial charge in [0.15, 0.2) is 0 Å². The molecule has 0 aromatic heterocycles. The number of rotatable bonds is 9. The topological polar surface area (TPSA) is 75.6 Å². The Bertz CT molecular complexity index is 463. The maximum absolute atomic E-state index is 11.8. The molecule has 0 aliphatic carbocycles. The van der Waals surface area contributed by atoms with Crippen molar-refractivity contribution >= 4 is 11.9 Å². The van der Waals surface area contributed by atoms with Crippen LogP contribution in [0.3, 0.4) is 0 Å². The molecule has 0 atom stereocenters. The van der Waals surface area contributed by atoms with E-state index < -0.39 is 19.0 Å². The van der Waals surface area contributed by atoms with Gasteiger partial charge in [-0.15, -0.1) is 0 Å². The fourth-order valence-electron chi connectivity index (χ4n) is 1.59. The predicted octanol–water partition coefficient (Wildman–Crippen LogP) is 1.72. The molecule has 0 aliphatic rings. The minimum atomic E-state index is -2.53. The van der Waals surface area contributed by atoms with Crippen molar-refractivity contribution in [2.45, 2.75) is 19.3 Å². The summed E-state index contributed by atoms with van der Waals surface area (Å²) in [4.78, 5) is 22.0. The molecule has 1 rings (SSSR count). The van der Waals surface area contributed by atoms with Crippen molar-refractivity contribution in [2.75, 3.05) is 19.8 Å². The zero-order valence-corrected chi connectivity index (χ0v) is 11.4. The number of carbonyl (C=O) groups excluding carboxylic acids is 1. The van der Waals surface area contributed by atoms with Gasteiger partial charge in [-0.25, -0.2) is 13.6 Å². The van der Waals surface area contributed by atoms with Gasteiger partial charge < -0.3 is 15.2 Å². The Labute approximate surface area is 120 Å². The second kappa shape index (κ2) is 9.02. The Kier molecular flexibility index (Phi) is 7.31. The number of benzene rings is 1. The van der Waals surface area contributed by atoms with Crippen LogP contribution >= 0.6 is 0 Å². The number of hydrogen-bond acceptors (Lipinski definition) is 3. The second-order valence-corrected chi connectivity index (χ2v) is 4.32. The monoisotopic (exact) mass is 301 g/mol. The first kappa shape index (κ1) is 17.0. The number of hydrogen-bond donors (Lipinski definition) is 2. The highest BCUT2D eigenvalue weighted by Crippen LogP contribution is 2.04. The van der Waals surface area contributed by atoms with Gasteiger partial charge in [0.25, 0.3) is 6.43 Å². The van der Waals surface area contributed by atoms with Crippen molar-refractivity contribution in [1.29, 1.82) is 0 Å². The summed E-state index contributed by atoms with van der Waals surface area (Å²) >= 11 is 0. The third-order valence-electron chi connectivity index (χ3n) is 2.65. The van der Waals surface area contributed by atoms with Gasteiger partial charge in [0.2, 0.25) is 5.91 Å². The van der Waals surface area contributed by atoms with Crippen LogP contribution in [0.5, 0.6) is 0 Å². The van der Waals surface area contributed by atoms with Gasteiger partial charge in [0, 0.05) is 13.0 Å². The average molecular weight is 301 g/mol. The van der Waals surface area contributed by atoms with E-state index in [1.54, 1.807) is 12.1 Å². The molecule has 0 fully saturated rings. The molecule has 21 heavy (non-hydrogen) atoms. The van der Waals surface area contributed by atoms with E-state index in [1.165, 1.54) is 12.1 Å². The third-order valence-corrected chi connectivity index (χ3v) is 2.65. The van der Waals surface area contributed by atoms with Crippen LogP contribution < -0.4 is 5.32 Å². The maximum atomic E-state index is 11.8. The molecule has 7 heteroatoms. The van der Waals surface area contributed by atoms with Gasteiger partial charge in [-0.2, -0.15) is 0 Å². The Hall–Kier alpha value is -2.02. The average Bonchev–Trinajstić information content (AvgIpc) is 2.44. The van der Waals surface area contributed by atoms with Gasteiger partial charge >= 0.3 is 5.97 Å². The number of alkyl halides is 2. The molecule has 0 unspecified atom stereocenters. The number of carboxylic acids is 1. The van der Waals surface area contributed by atoms with E-state index in [0.717, 1.165) is 5.56 Å². The summed E-state index contributed by atoms with van der Waals surface area (Å²) in [7, 11) is 0. The van der Waals surface area contributed by atoms with Crippen LogP contribution in [0.1, 0.15) is 22.3 Å². The first-order chi connectivity index (χ1) is 9.99. The van der Waals surface area contributed by atoms with Crippen LogP contribution in [0.4, 0.5) is 8.78 Å². The van der Waals surface area contributed by atoms with Crippen LogP contribution in [0, 0.1) is 0 Å². The normalized spacial score (nSPS) is 10.6. The molecule has 0 bridgehead atoms. The molecule has 2 N–H and O–H groups in total. The van der Waals surface area contributed by atoms with Crippen molar-refractivity contribution < 1.29 is 28.2 Å². The second-order valence-electron chi connectivity index (χ2n) is 4.32. The van der Waals surface area contributed by atoms with Crippen LogP contribution in [0.15, 0.2) is 24.3 Å². The summed E-state index contributed by atoms with van der Waals surface area (Å²) in [5, 5.41) is 11.4. The number of carboxylic acid groups (broad SMARTS) is 1. The molecule has 1 aromatic rings. The fourth-order valence-corrected chi connectivity index (χ4v) is 1.59. The smallest absolute Gasteiger partial charge is 0.335 e. The molecule has 0 saturated heterocycles. The van der Waals surface area contributed by atoms with Gasteiger partial charge in [-0.3, -0.25) is 4.79 Å². The van der Waals surface area contributed by atoms with Crippen molar-refractivity contribution in [3.63, 3.8) is 0 Å². The van der Waals surface area contributed by atoms with Gasteiger partial charge in [-0.05, 0) is 24.1 Å².